The number of nitrogens with zero attached hydrogens (tertiary/aromatic N) is 1. The summed E-state index contributed by atoms with van der Waals surface area (Å²) >= 11 is 0. The first-order valence-corrected chi connectivity index (χ1v) is 9.67. The van der Waals surface area contributed by atoms with Crippen molar-refractivity contribution in [3.63, 3.8) is 0 Å². The number of hydrogen-bond acceptors (Lipinski definition) is 4. The Labute approximate surface area is 160 Å². The standard InChI is InChI=1S/C23H26N2O2/c1-26-12-5-13-27-22-14-18(16-25-19-9-10-19)23(17-6-4-11-24-15-17)21-8-3-2-7-20(21)22/h2-4,6-8,11,14-15,19,25H,5,9-10,12-13,16H2,1H3. The molecule has 0 atom stereocenters. The van der Waals surface area contributed by atoms with E-state index >= 15 is 0 Å². The second kappa shape index (κ2) is 8.51. The number of pyridine rings is 1. The SMILES string of the molecule is COCCCOc1cc(CNC2CC2)c(-c2cccnc2)c2ccccc12. The number of hydrogen-bond donors (Lipinski definition) is 1. The summed E-state index contributed by atoms with van der Waals surface area (Å²) in [5.41, 5.74) is 3.65. The molecule has 0 bridgehead atoms. The van der Waals surface area contributed by atoms with E-state index in [1.807, 2.05) is 18.5 Å². The van der Waals surface area contributed by atoms with Gasteiger partial charge < -0.3 is 14.8 Å². The Morgan fingerprint density at radius 3 is 2.67 bits per heavy atom. The Balaban J connectivity index is 1.77. The number of benzene rings is 2. The zero-order valence-corrected chi connectivity index (χ0v) is 15.8. The summed E-state index contributed by atoms with van der Waals surface area (Å²) in [7, 11) is 1.72. The second-order valence-corrected chi connectivity index (χ2v) is 7.05. The van der Waals surface area contributed by atoms with Gasteiger partial charge in [0.1, 0.15) is 5.75 Å². The quantitative estimate of drug-likeness (QED) is 0.566. The minimum Gasteiger partial charge on any atom is -0.493 e. The van der Waals surface area contributed by atoms with Crippen molar-refractivity contribution in [3.05, 3.63) is 60.4 Å². The van der Waals surface area contributed by atoms with Gasteiger partial charge >= 0.3 is 0 Å². The minimum absolute atomic E-state index is 0.652. The molecule has 3 aromatic rings. The van der Waals surface area contributed by atoms with E-state index in [1.165, 1.54) is 29.4 Å². The number of ether oxygens (including phenoxy) is 2. The van der Waals surface area contributed by atoms with Gasteiger partial charge in [0, 0.05) is 56.1 Å². The first kappa shape index (κ1) is 18.0. The number of rotatable bonds is 9. The van der Waals surface area contributed by atoms with Crippen LogP contribution in [0.1, 0.15) is 24.8 Å². The molecule has 1 aromatic heterocycles. The average molecular weight is 362 g/mol. The predicted molar refractivity (Wildman–Crippen MR) is 109 cm³/mol. The zero-order valence-electron chi connectivity index (χ0n) is 15.8. The summed E-state index contributed by atoms with van der Waals surface area (Å²) in [5.74, 6) is 0.946. The van der Waals surface area contributed by atoms with Crippen LogP contribution >= 0.6 is 0 Å². The largest absolute Gasteiger partial charge is 0.493 e. The maximum Gasteiger partial charge on any atom is 0.127 e. The Hall–Kier alpha value is -2.43. The fourth-order valence-electron chi connectivity index (χ4n) is 3.43. The topological polar surface area (TPSA) is 43.4 Å². The van der Waals surface area contributed by atoms with E-state index in [1.54, 1.807) is 7.11 Å². The van der Waals surface area contributed by atoms with Crippen molar-refractivity contribution in [2.24, 2.45) is 0 Å². The van der Waals surface area contributed by atoms with Gasteiger partial charge in [0.2, 0.25) is 0 Å². The van der Waals surface area contributed by atoms with Gasteiger partial charge in [-0.1, -0.05) is 30.3 Å². The number of aromatic nitrogens is 1. The summed E-state index contributed by atoms with van der Waals surface area (Å²) in [6.45, 7) is 2.20. The highest BCUT2D eigenvalue weighted by molar-refractivity contribution is 6.01. The molecule has 4 heteroatoms. The lowest BCUT2D eigenvalue weighted by Crippen LogP contribution is -2.16. The van der Waals surface area contributed by atoms with Crippen molar-refractivity contribution in [2.75, 3.05) is 20.3 Å². The average Bonchev–Trinajstić information content (AvgIpc) is 3.54. The van der Waals surface area contributed by atoms with Gasteiger partial charge in [-0.3, -0.25) is 4.98 Å². The van der Waals surface area contributed by atoms with E-state index in [-0.39, 0.29) is 0 Å². The molecule has 1 heterocycles. The van der Waals surface area contributed by atoms with E-state index in [9.17, 15) is 0 Å². The van der Waals surface area contributed by atoms with Crippen LogP contribution in [0.25, 0.3) is 21.9 Å². The van der Waals surface area contributed by atoms with Crippen molar-refractivity contribution in [1.82, 2.24) is 10.3 Å². The second-order valence-electron chi connectivity index (χ2n) is 7.05. The van der Waals surface area contributed by atoms with Crippen LogP contribution < -0.4 is 10.1 Å². The number of methoxy groups -OCH3 is 1. The predicted octanol–water partition coefficient (Wildman–Crippen LogP) is 4.57. The van der Waals surface area contributed by atoms with Crippen LogP contribution in [0.15, 0.2) is 54.9 Å². The number of fused-ring (bicyclic) bond motifs is 1. The molecule has 140 valence electrons. The Bertz CT molecular complexity index is 892. The molecule has 1 N–H and O–H groups in total. The molecule has 0 saturated heterocycles. The molecule has 2 aromatic carbocycles. The smallest absolute Gasteiger partial charge is 0.127 e. The normalized spacial score (nSPS) is 13.8. The van der Waals surface area contributed by atoms with Gasteiger partial charge in [0.15, 0.2) is 0 Å². The van der Waals surface area contributed by atoms with Crippen LogP contribution in [0.3, 0.4) is 0 Å². The summed E-state index contributed by atoms with van der Waals surface area (Å²) in [6, 6.07) is 15.5. The van der Waals surface area contributed by atoms with Gasteiger partial charge in [0.05, 0.1) is 6.61 Å². The van der Waals surface area contributed by atoms with E-state index in [0.717, 1.165) is 29.7 Å². The summed E-state index contributed by atoms with van der Waals surface area (Å²) in [4.78, 5) is 4.34. The molecule has 1 aliphatic carbocycles. The van der Waals surface area contributed by atoms with Crippen LogP contribution in [0.5, 0.6) is 5.75 Å². The third kappa shape index (κ3) is 4.29. The van der Waals surface area contributed by atoms with Gasteiger partial charge in [-0.05, 0) is 41.5 Å². The minimum atomic E-state index is 0.652. The van der Waals surface area contributed by atoms with Crippen molar-refractivity contribution < 1.29 is 9.47 Å². The summed E-state index contributed by atoms with van der Waals surface area (Å²) < 4.78 is 11.3. The third-order valence-electron chi connectivity index (χ3n) is 4.95. The highest BCUT2D eigenvalue weighted by atomic mass is 16.5. The molecule has 0 aliphatic heterocycles. The molecule has 4 rings (SSSR count). The maximum atomic E-state index is 6.15. The lowest BCUT2D eigenvalue weighted by atomic mass is 9.93. The molecule has 1 saturated carbocycles. The van der Waals surface area contributed by atoms with Crippen LogP contribution in [-0.4, -0.2) is 31.3 Å². The van der Waals surface area contributed by atoms with Gasteiger partial charge in [-0.15, -0.1) is 0 Å². The van der Waals surface area contributed by atoms with Crippen molar-refractivity contribution in [2.45, 2.75) is 31.8 Å². The Kier molecular flexibility index (Phi) is 5.66. The molecule has 1 fully saturated rings. The fraction of sp³-hybridized carbons (Fsp3) is 0.348. The molecule has 0 spiro atoms. The lowest BCUT2D eigenvalue weighted by molar-refractivity contribution is 0.172. The lowest BCUT2D eigenvalue weighted by Gasteiger charge is -2.18. The highest BCUT2D eigenvalue weighted by Crippen LogP contribution is 2.38. The zero-order chi connectivity index (χ0) is 18.5. The maximum absolute atomic E-state index is 6.15. The van der Waals surface area contributed by atoms with Crippen molar-refractivity contribution in [3.8, 4) is 16.9 Å². The van der Waals surface area contributed by atoms with Crippen molar-refractivity contribution >= 4 is 10.8 Å². The molecular weight excluding hydrogens is 336 g/mol. The van der Waals surface area contributed by atoms with E-state index < -0.39 is 0 Å². The first-order chi connectivity index (χ1) is 13.4. The van der Waals surface area contributed by atoms with Crippen LogP contribution in [0, 0.1) is 0 Å². The van der Waals surface area contributed by atoms with Gasteiger partial charge in [-0.25, -0.2) is 0 Å². The molecule has 0 amide bonds. The monoisotopic (exact) mass is 362 g/mol. The first-order valence-electron chi connectivity index (χ1n) is 9.67. The summed E-state index contributed by atoms with van der Waals surface area (Å²) in [5, 5.41) is 6.01. The molecule has 0 unspecified atom stereocenters. The number of nitrogens with one attached hydrogen (secondary N) is 1. The van der Waals surface area contributed by atoms with Gasteiger partial charge in [-0.2, -0.15) is 0 Å². The van der Waals surface area contributed by atoms with Crippen LogP contribution in [0.2, 0.25) is 0 Å². The summed E-state index contributed by atoms with van der Waals surface area (Å²) in [6.07, 6.45) is 7.19. The molecule has 27 heavy (non-hydrogen) atoms. The highest BCUT2D eigenvalue weighted by Gasteiger charge is 2.22. The van der Waals surface area contributed by atoms with Crippen molar-refractivity contribution in [1.29, 1.82) is 0 Å². The van der Waals surface area contributed by atoms with E-state index in [4.69, 9.17) is 9.47 Å². The molecule has 4 nitrogen and oxygen atoms in total. The fourth-order valence-corrected chi connectivity index (χ4v) is 3.43. The van der Waals surface area contributed by atoms with E-state index in [2.05, 4.69) is 46.7 Å². The van der Waals surface area contributed by atoms with Crippen LogP contribution in [-0.2, 0) is 11.3 Å². The third-order valence-corrected chi connectivity index (χ3v) is 4.95. The molecular formula is C23H26N2O2. The Morgan fingerprint density at radius 2 is 1.93 bits per heavy atom. The van der Waals surface area contributed by atoms with Gasteiger partial charge in [0.25, 0.3) is 0 Å². The Morgan fingerprint density at radius 1 is 1.07 bits per heavy atom. The molecule has 1 aliphatic rings. The van der Waals surface area contributed by atoms with E-state index in [0.29, 0.717) is 19.3 Å². The van der Waals surface area contributed by atoms with Crippen LogP contribution in [0.4, 0.5) is 0 Å². The molecule has 0 radical (unpaired) electrons.